The summed E-state index contributed by atoms with van der Waals surface area (Å²) >= 11 is 0. The van der Waals surface area contributed by atoms with Gasteiger partial charge in [-0.25, -0.2) is 0 Å². The fourth-order valence-corrected chi connectivity index (χ4v) is 4.84. The number of carboxylic acid groups (broad SMARTS) is 1. The molecule has 0 aromatic heterocycles. The first kappa shape index (κ1) is 25.0. The lowest BCUT2D eigenvalue weighted by Crippen LogP contribution is -2.44. The number of esters is 1. The molecule has 28 heavy (non-hydrogen) atoms. The van der Waals surface area contributed by atoms with Gasteiger partial charge in [0, 0.05) is 0 Å². The van der Waals surface area contributed by atoms with Gasteiger partial charge in [0.15, 0.2) is 0 Å². The summed E-state index contributed by atoms with van der Waals surface area (Å²) in [6.07, 6.45) is 16.0. The standard InChI is InChI=1S/C24H44O4/c1-4-7-8-9-10-11-12-13-14-15-18-28-24(27)22-20(6-3)17-16-19(5-2)21(22)23(25)26/h19-22H,4-18H2,1-3H3,(H,25,26). The molecule has 164 valence electrons. The van der Waals surface area contributed by atoms with Crippen molar-refractivity contribution < 1.29 is 19.4 Å². The summed E-state index contributed by atoms with van der Waals surface area (Å²) in [7, 11) is 0. The van der Waals surface area contributed by atoms with E-state index in [0.717, 1.165) is 38.5 Å². The Kier molecular flexibility index (Phi) is 13.3. The van der Waals surface area contributed by atoms with Gasteiger partial charge in [0.1, 0.15) is 0 Å². The molecule has 0 radical (unpaired) electrons. The third kappa shape index (κ3) is 8.53. The van der Waals surface area contributed by atoms with Gasteiger partial charge in [-0.2, -0.15) is 0 Å². The second-order valence-corrected chi connectivity index (χ2v) is 8.65. The third-order valence-electron chi connectivity index (χ3n) is 6.66. The Morgan fingerprint density at radius 1 is 0.750 bits per heavy atom. The maximum atomic E-state index is 12.7. The number of carboxylic acids is 1. The highest BCUT2D eigenvalue weighted by atomic mass is 16.5. The molecule has 0 aromatic rings. The predicted molar refractivity (Wildman–Crippen MR) is 114 cm³/mol. The molecule has 4 atom stereocenters. The number of ether oxygens (including phenoxy) is 1. The lowest BCUT2D eigenvalue weighted by atomic mass is 9.65. The number of hydrogen-bond acceptors (Lipinski definition) is 3. The molecule has 1 fully saturated rings. The van der Waals surface area contributed by atoms with Crippen LogP contribution in [0.1, 0.15) is 111 Å². The van der Waals surface area contributed by atoms with Crippen LogP contribution in [0.15, 0.2) is 0 Å². The van der Waals surface area contributed by atoms with Gasteiger partial charge in [-0.05, 0) is 31.1 Å². The molecule has 1 aliphatic carbocycles. The molecule has 0 aromatic carbocycles. The zero-order valence-corrected chi connectivity index (χ0v) is 18.6. The molecule has 4 unspecified atom stereocenters. The van der Waals surface area contributed by atoms with Crippen LogP contribution in [0.3, 0.4) is 0 Å². The predicted octanol–water partition coefficient (Wildman–Crippen LogP) is 6.61. The summed E-state index contributed by atoms with van der Waals surface area (Å²) in [6, 6.07) is 0. The van der Waals surface area contributed by atoms with E-state index < -0.39 is 17.8 Å². The summed E-state index contributed by atoms with van der Waals surface area (Å²) in [5, 5.41) is 9.72. The van der Waals surface area contributed by atoms with E-state index in [0.29, 0.717) is 6.61 Å². The summed E-state index contributed by atoms with van der Waals surface area (Å²) in [6.45, 7) is 6.76. The number of unbranched alkanes of at least 4 members (excludes halogenated alkanes) is 9. The molecule has 0 amide bonds. The van der Waals surface area contributed by atoms with Crippen molar-refractivity contribution in [3.8, 4) is 0 Å². The van der Waals surface area contributed by atoms with Gasteiger partial charge in [-0.3, -0.25) is 9.59 Å². The molecule has 4 nitrogen and oxygen atoms in total. The van der Waals surface area contributed by atoms with Gasteiger partial charge in [-0.1, -0.05) is 91.4 Å². The summed E-state index contributed by atoms with van der Waals surface area (Å²) in [5.41, 5.74) is 0. The van der Waals surface area contributed by atoms with E-state index in [-0.39, 0.29) is 17.8 Å². The summed E-state index contributed by atoms with van der Waals surface area (Å²) in [5.74, 6) is -1.91. The van der Waals surface area contributed by atoms with Crippen molar-refractivity contribution in [2.24, 2.45) is 23.7 Å². The molecular weight excluding hydrogens is 352 g/mol. The Morgan fingerprint density at radius 2 is 1.21 bits per heavy atom. The van der Waals surface area contributed by atoms with E-state index >= 15 is 0 Å². The number of hydrogen-bond donors (Lipinski definition) is 1. The number of aliphatic carboxylic acids is 1. The minimum atomic E-state index is -0.828. The van der Waals surface area contributed by atoms with Crippen molar-refractivity contribution in [1.29, 1.82) is 0 Å². The molecule has 1 aliphatic rings. The van der Waals surface area contributed by atoms with Gasteiger partial charge < -0.3 is 9.84 Å². The highest BCUT2D eigenvalue weighted by molar-refractivity contribution is 5.82. The highest BCUT2D eigenvalue weighted by Gasteiger charge is 2.46. The number of carbonyl (C=O) groups is 2. The average Bonchev–Trinajstić information content (AvgIpc) is 2.70. The van der Waals surface area contributed by atoms with Gasteiger partial charge in [0.05, 0.1) is 18.4 Å². The van der Waals surface area contributed by atoms with E-state index in [2.05, 4.69) is 13.8 Å². The van der Waals surface area contributed by atoms with Crippen LogP contribution >= 0.6 is 0 Å². The monoisotopic (exact) mass is 396 g/mol. The molecule has 0 heterocycles. The third-order valence-corrected chi connectivity index (χ3v) is 6.66. The van der Waals surface area contributed by atoms with E-state index in [4.69, 9.17) is 4.74 Å². The molecule has 0 aliphatic heterocycles. The quantitative estimate of drug-likeness (QED) is 0.250. The molecular formula is C24H44O4. The van der Waals surface area contributed by atoms with Gasteiger partial charge in [-0.15, -0.1) is 0 Å². The average molecular weight is 397 g/mol. The normalized spacial score (nSPS) is 24.8. The Balaban J connectivity index is 2.29. The topological polar surface area (TPSA) is 63.6 Å². The van der Waals surface area contributed by atoms with Crippen molar-refractivity contribution in [2.75, 3.05) is 6.61 Å². The fourth-order valence-electron chi connectivity index (χ4n) is 4.84. The Bertz CT molecular complexity index is 434. The smallest absolute Gasteiger partial charge is 0.310 e. The zero-order chi connectivity index (χ0) is 20.8. The van der Waals surface area contributed by atoms with E-state index in [9.17, 15) is 14.7 Å². The molecule has 0 saturated heterocycles. The van der Waals surface area contributed by atoms with Crippen molar-refractivity contribution >= 4 is 11.9 Å². The Labute approximate surface area is 172 Å². The van der Waals surface area contributed by atoms with E-state index in [1.807, 2.05) is 6.92 Å². The van der Waals surface area contributed by atoms with Crippen molar-refractivity contribution in [2.45, 2.75) is 111 Å². The largest absolute Gasteiger partial charge is 0.481 e. The molecule has 0 bridgehead atoms. The Hall–Kier alpha value is -1.06. The van der Waals surface area contributed by atoms with Gasteiger partial charge >= 0.3 is 11.9 Å². The number of rotatable bonds is 15. The number of carbonyl (C=O) groups excluding carboxylic acids is 1. The summed E-state index contributed by atoms with van der Waals surface area (Å²) < 4.78 is 5.56. The summed E-state index contributed by atoms with van der Waals surface area (Å²) in [4.78, 5) is 24.6. The van der Waals surface area contributed by atoms with E-state index in [1.165, 1.54) is 51.4 Å². The van der Waals surface area contributed by atoms with E-state index in [1.54, 1.807) is 0 Å². The minimum Gasteiger partial charge on any atom is -0.481 e. The lowest BCUT2D eigenvalue weighted by molar-refractivity contribution is -0.166. The maximum absolute atomic E-state index is 12.7. The van der Waals surface area contributed by atoms with Crippen LogP contribution in [0.2, 0.25) is 0 Å². The van der Waals surface area contributed by atoms with Crippen molar-refractivity contribution in [3.05, 3.63) is 0 Å². The van der Waals surface area contributed by atoms with Crippen LogP contribution < -0.4 is 0 Å². The highest BCUT2D eigenvalue weighted by Crippen LogP contribution is 2.42. The molecule has 4 heteroatoms. The van der Waals surface area contributed by atoms with Gasteiger partial charge in [0.25, 0.3) is 0 Å². The molecule has 1 rings (SSSR count). The molecule has 1 saturated carbocycles. The molecule has 0 spiro atoms. The van der Waals surface area contributed by atoms with Crippen LogP contribution in [-0.4, -0.2) is 23.7 Å². The minimum absolute atomic E-state index is 0.0928. The second-order valence-electron chi connectivity index (χ2n) is 8.65. The van der Waals surface area contributed by atoms with Crippen LogP contribution in [0.25, 0.3) is 0 Å². The molecule has 1 N–H and O–H groups in total. The van der Waals surface area contributed by atoms with Crippen LogP contribution in [0.5, 0.6) is 0 Å². The van der Waals surface area contributed by atoms with Crippen LogP contribution in [0, 0.1) is 23.7 Å². The first-order valence-corrected chi connectivity index (χ1v) is 12.0. The first-order valence-electron chi connectivity index (χ1n) is 12.0. The second kappa shape index (κ2) is 14.9. The maximum Gasteiger partial charge on any atom is 0.310 e. The van der Waals surface area contributed by atoms with Crippen molar-refractivity contribution in [3.63, 3.8) is 0 Å². The lowest BCUT2D eigenvalue weighted by Gasteiger charge is -2.39. The van der Waals surface area contributed by atoms with Crippen molar-refractivity contribution in [1.82, 2.24) is 0 Å². The van der Waals surface area contributed by atoms with Gasteiger partial charge in [0.2, 0.25) is 0 Å². The fraction of sp³-hybridized carbons (Fsp3) is 0.917. The van der Waals surface area contributed by atoms with Crippen LogP contribution in [-0.2, 0) is 14.3 Å². The SMILES string of the molecule is CCCCCCCCCCCCOC(=O)C1C(CC)CCC(CC)C1C(=O)O. The zero-order valence-electron chi connectivity index (χ0n) is 18.6. The Morgan fingerprint density at radius 3 is 1.68 bits per heavy atom. The first-order chi connectivity index (χ1) is 13.6. The van der Waals surface area contributed by atoms with Crippen LogP contribution in [0.4, 0.5) is 0 Å².